The minimum absolute atomic E-state index is 0.0771. The molecule has 8 heteroatoms. The van der Waals surface area contributed by atoms with Crippen LogP contribution in [0.3, 0.4) is 0 Å². The molecule has 0 saturated carbocycles. The van der Waals surface area contributed by atoms with Gasteiger partial charge in [-0.2, -0.15) is 0 Å². The standard InChI is InChI=1S/C9H13N3O4S/c10-7-5-6(9(11)14)1-2-8(7)17(15,16)12-3-4-13/h1-2,5,12-13H,3-4,10H2,(H2,11,14). The largest absolute Gasteiger partial charge is 0.398 e. The summed E-state index contributed by atoms with van der Waals surface area (Å²) in [6, 6.07) is 3.65. The number of primary amides is 1. The molecule has 17 heavy (non-hydrogen) atoms. The van der Waals surface area contributed by atoms with Gasteiger partial charge in [0.2, 0.25) is 15.9 Å². The smallest absolute Gasteiger partial charge is 0.248 e. The summed E-state index contributed by atoms with van der Waals surface area (Å²) in [6.45, 7) is -0.433. The van der Waals surface area contributed by atoms with Crippen molar-refractivity contribution in [3.05, 3.63) is 23.8 Å². The Hall–Kier alpha value is -1.64. The van der Waals surface area contributed by atoms with E-state index >= 15 is 0 Å². The molecule has 0 aliphatic heterocycles. The average Bonchev–Trinajstić information content (AvgIpc) is 2.25. The van der Waals surface area contributed by atoms with E-state index in [1.54, 1.807) is 0 Å². The Morgan fingerprint density at radius 2 is 2.06 bits per heavy atom. The maximum atomic E-state index is 11.7. The Labute approximate surface area is 98.5 Å². The van der Waals surface area contributed by atoms with Crippen molar-refractivity contribution in [3.63, 3.8) is 0 Å². The second kappa shape index (κ2) is 5.13. The van der Waals surface area contributed by atoms with Crippen LogP contribution in [0.15, 0.2) is 23.1 Å². The number of carbonyl (C=O) groups excluding carboxylic acids is 1. The van der Waals surface area contributed by atoms with Crippen LogP contribution in [0.4, 0.5) is 5.69 Å². The molecule has 0 unspecified atom stereocenters. The summed E-state index contributed by atoms with van der Waals surface area (Å²) >= 11 is 0. The third-order valence-corrected chi connectivity index (χ3v) is 3.52. The lowest BCUT2D eigenvalue weighted by molar-refractivity contribution is 0.1000. The summed E-state index contributed by atoms with van der Waals surface area (Å²) in [5.41, 5.74) is 10.6. The molecule has 1 aromatic carbocycles. The molecule has 0 atom stereocenters. The SMILES string of the molecule is NC(=O)c1ccc(S(=O)(=O)NCCO)c(N)c1. The molecule has 7 nitrogen and oxygen atoms in total. The molecule has 0 heterocycles. The van der Waals surface area contributed by atoms with Crippen LogP contribution in [-0.2, 0) is 10.0 Å². The third kappa shape index (κ3) is 3.16. The second-order valence-corrected chi connectivity index (χ2v) is 4.97. The molecular weight excluding hydrogens is 246 g/mol. The molecule has 0 fully saturated rings. The van der Waals surface area contributed by atoms with Gasteiger partial charge in [0.25, 0.3) is 0 Å². The maximum absolute atomic E-state index is 11.7. The molecule has 0 aliphatic rings. The first kappa shape index (κ1) is 13.4. The predicted octanol–water partition coefficient (Wildman–Crippen LogP) is -1.36. The number of hydrogen-bond acceptors (Lipinski definition) is 5. The quantitative estimate of drug-likeness (QED) is 0.484. The van der Waals surface area contributed by atoms with Crippen molar-refractivity contribution in [2.24, 2.45) is 5.73 Å². The number of sulfonamides is 1. The zero-order valence-corrected chi connectivity index (χ0v) is 9.70. The normalized spacial score (nSPS) is 11.4. The van der Waals surface area contributed by atoms with Crippen molar-refractivity contribution < 1.29 is 18.3 Å². The molecule has 1 amide bonds. The monoisotopic (exact) mass is 259 g/mol. The number of nitrogens with one attached hydrogen (secondary N) is 1. The van der Waals surface area contributed by atoms with Gasteiger partial charge < -0.3 is 16.6 Å². The van der Waals surface area contributed by atoms with E-state index in [0.717, 1.165) is 0 Å². The number of aliphatic hydroxyl groups is 1. The van der Waals surface area contributed by atoms with Crippen molar-refractivity contribution in [3.8, 4) is 0 Å². The number of amides is 1. The highest BCUT2D eigenvalue weighted by atomic mass is 32.2. The molecular formula is C9H13N3O4S. The van der Waals surface area contributed by atoms with Gasteiger partial charge in [-0.15, -0.1) is 0 Å². The number of nitrogens with two attached hydrogens (primary N) is 2. The fraction of sp³-hybridized carbons (Fsp3) is 0.222. The van der Waals surface area contributed by atoms with E-state index in [-0.39, 0.29) is 29.3 Å². The summed E-state index contributed by atoms with van der Waals surface area (Å²) in [5, 5.41) is 8.54. The number of benzene rings is 1. The fourth-order valence-electron chi connectivity index (χ4n) is 1.20. The summed E-state index contributed by atoms with van der Waals surface area (Å²) in [5.74, 6) is -0.691. The Morgan fingerprint density at radius 1 is 1.41 bits per heavy atom. The molecule has 6 N–H and O–H groups in total. The van der Waals surface area contributed by atoms with Crippen LogP contribution in [-0.4, -0.2) is 32.6 Å². The Kier molecular flexibility index (Phi) is 4.05. The highest BCUT2D eigenvalue weighted by Crippen LogP contribution is 2.19. The number of aliphatic hydroxyl groups excluding tert-OH is 1. The summed E-state index contributed by atoms with van der Waals surface area (Å²) in [4.78, 5) is 10.7. The second-order valence-electron chi connectivity index (χ2n) is 3.24. The van der Waals surface area contributed by atoms with Crippen molar-refractivity contribution in [1.29, 1.82) is 0 Å². The summed E-state index contributed by atoms with van der Waals surface area (Å²) < 4.78 is 25.5. The van der Waals surface area contributed by atoms with Crippen LogP contribution in [0.1, 0.15) is 10.4 Å². The summed E-state index contributed by atoms with van der Waals surface area (Å²) in [7, 11) is -3.78. The van der Waals surface area contributed by atoms with Crippen molar-refractivity contribution in [1.82, 2.24) is 4.72 Å². The van der Waals surface area contributed by atoms with Crippen LogP contribution < -0.4 is 16.2 Å². The van der Waals surface area contributed by atoms with Gasteiger partial charge in [-0.1, -0.05) is 0 Å². The molecule has 0 aromatic heterocycles. The molecule has 94 valence electrons. The van der Waals surface area contributed by atoms with Crippen molar-refractivity contribution in [2.75, 3.05) is 18.9 Å². The van der Waals surface area contributed by atoms with Crippen LogP contribution in [0, 0.1) is 0 Å². The van der Waals surface area contributed by atoms with E-state index < -0.39 is 15.9 Å². The highest BCUT2D eigenvalue weighted by molar-refractivity contribution is 7.89. The highest BCUT2D eigenvalue weighted by Gasteiger charge is 2.17. The van der Waals surface area contributed by atoms with Crippen LogP contribution in [0.25, 0.3) is 0 Å². The van der Waals surface area contributed by atoms with Gasteiger partial charge in [0.15, 0.2) is 0 Å². The molecule has 1 aromatic rings. The first-order valence-electron chi connectivity index (χ1n) is 4.68. The van der Waals surface area contributed by atoms with Gasteiger partial charge >= 0.3 is 0 Å². The fourth-order valence-corrected chi connectivity index (χ4v) is 2.34. The van der Waals surface area contributed by atoms with Gasteiger partial charge in [0.05, 0.1) is 12.3 Å². The minimum atomic E-state index is -3.78. The van der Waals surface area contributed by atoms with E-state index in [1.807, 2.05) is 0 Å². The van der Waals surface area contributed by atoms with E-state index in [0.29, 0.717) is 0 Å². The zero-order valence-electron chi connectivity index (χ0n) is 8.88. The van der Waals surface area contributed by atoms with E-state index in [1.165, 1.54) is 18.2 Å². The topological polar surface area (TPSA) is 136 Å². The van der Waals surface area contributed by atoms with Crippen molar-refractivity contribution >= 4 is 21.6 Å². The van der Waals surface area contributed by atoms with Crippen LogP contribution >= 0.6 is 0 Å². The van der Waals surface area contributed by atoms with Crippen molar-refractivity contribution in [2.45, 2.75) is 4.90 Å². The Balaban J connectivity index is 3.12. The number of anilines is 1. The van der Waals surface area contributed by atoms with E-state index in [4.69, 9.17) is 16.6 Å². The first-order valence-corrected chi connectivity index (χ1v) is 6.16. The number of rotatable bonds is 5. The van der Waals surface area contributed by atoms with E-state index in [9.17, 15) is 13.2 Å². The molecule has 0 spiro atoms. The third-order valence-electron chi connectivity index (χ3n) is 1.99. The molecule has 1 rings (SSSR count). The number of nitrogen functional groups attached to an aromatic ring is 1. The van der Waals surface area contributed by atoms with E-state index in [2.05, 4.69) is 4.72 Å². The van der Waals surface area contributed by atoms with Gasteiger partial charge in [-0.05, 0) is 18.2 Å². The Bertz CT molecular complexity index is 527. The maximum Gasteiger partial charge on any atom is 0.248 e. The van der Waals surface area contributed by atoms with Gasteiger partial charge in [0, 0.05) is 12.1 Å². The molecule has 0 saturated heterocycles. The first-order chi connectivity index (χ1) is 7.88. The van der Waals surface area contributed by atoms with Crippen LogP contribution in [0.5, 0.6) is 0 Å². The lowest BCUT2D eigenvalue weighted by Crippen LogP contribution is -2.27. The average molecular weight is 259 g/mol. The van der Waals surface area contributed by atoms with Crippen LogP contribution in [0.2, 0.25) is 0 Å². The molecule has 0 aliphatic carbocycles. The van der Waals surface area contributed by atoms with Gasteiger partial charge in [0.1, 0.15) is 4.90 Å². The lowest BCUT2D eigenvalue weighted by Gasteiger charge is -2.08. The lowest BCUT2D eigenvalue weighted by atomic mass is 10.2. The molecule has 0 radical (unpaired) electrons. The zero-order chi connectivity index (χ0) is 13.1. The predicted molar refractivity (Wildman–Crippen MR) is 61.6 cm³/mol. The Morgan fingerprint density at radius 3 is 2.53 bits per heavy atom. The van der Waals surface area contributed by atoms with Gasteiger partial charge in [-0.25, -0.2) is 13.1 Å². The number of carbonyl (C=O) groups is 1. The van der Waals surface area contributed by atoms with Gasteiger partial charge in [-0.3, -0.25) is 4.79 Å². The minimum Gasteiger partial charge on any atom is -0.398 e. The molecule has 0 bridgehead atoms. The summed E-state index contributed by atoms with van der Waals surface area (Å²) in [6.07, 6.45) is 0. The number of hydrogen-bond donors (Lipinski definition) is 4.